The summed E-state index contributed by atoms with van der Waals surface area (Å²) >= 11 is 0. The minimum atomic E-state index is -0.340. The Balaban J connectivity index is 1.73. The zero-order chi connectivity index (χ0) is 22.2. The molecule has 32 heavy (non-hydrogen) atoms. The van der Waals surface area contributed by atoms with Crippen molar-refractivity contribution in [3.63, 3.8) is 0 Å². The first-order valence-corrected chi connectivity index (χ1v) is 10.2. The van der Waals surface area contributed by atoms with E-state index in [1.165, 1.54) is 22.9 Å². The lowest BCUT2D eigenvalue weighted by Crippen LogP contribution is -2.27. The Morgan fingerprint density at radius 1 is 1.09 bits per heavy atom. The predicted octanol–water partition coefficient (Wildman–Crippen LogP) is 3.78. The number of nitriles is 1. The van der Waals surface area contributed by atoms with E-state index in [0.29, 0.717) is 41.3 Å². The van der Waals surface area contributed by atoms with Gasteiger partial charge in [0.25, 0.3) is 5.56 Å². The summed E-state index contributed by atoms with van der Waals surface area (Å²) in [6, 6.07) is 19.0. The molecule has 4 aromatic rings. The standard InChI is InChI=1S/C24H19FN6O/c1-15-4-2-3-5-20(15)31-21(32)11-10-19(28-31)22-23(17-6-8-18(25)9-7-17)29-30-14-16(12-26)13-27-24(22)30/h2-11,16,27H,13-14H2,1H3. The van der Waals surface area contributed by atoms with E-state index in [4.69, 9.17) is 5.10 Å². The number of aryl methyl sites for hydroxylation is 1. The van der Waals surface area contributed by atoms with E-state index in [9.17, 15) is 14.4 Å². The SMILES string of the molecule is Cc1ccccc1-n1nc(-c2c(-c3ccc(F)cc3)nn3c2NCC(C#N)C3)ccc1=O. The molecule has 1 aliphatic rings. The van der Waals surface area contributed by atoms with Gasteiger partial charge < -0.3 is 5.32 Å². The van der Waals surface area contributed by atoms with E-state index in [1.54, 1.807) is 22.9 Å². The smallest absolute Gasteiger partial charge is 0.271 e. The molecule has 158 valence electrons. The summed E-state index contributed by atoms with van der Waals surface area (Å²) in [5.41, 5.74) is 3.95. The molecule has 0 fully saturated rings. The first-order valence-electron chi connectivity index (χ1n) is 10.2. The van der Waals surface area contributed by atoms with Crippen molar-refractivity contribution in [2.75, 3.05) is 11.9 Å². The highest BCUT2D eigenvalue weighted by atomic mass is 19.1. The summed E-state index contributed by atoms with van der Waals surface area (Å²) in [5, 5.41) is 22.0. The van der Waals surface area contributed by atoms with Crippen LogP contribution in [-0.4, -0.2) is 26.1 Å². The molecular weight excluding hydrogens is 407 g/mol. The fourth-order valence-electron chi connectivity index (χ4n) is 3.92. The molecule has 3 heterocycles. The second kappa shape index (κ2) is 7.78. The molecule has 7 nitrogen and oxygen atoms in total. The monoisotopic (exact) mass is 426 g/mol. The lowest BCUT2D eigenvalue weighted by Gasteiger charge is -2.21. The summed E-state index contributed by atoms with van der Waals surface area (Å²) in [5.74, 6) is 0.164. The normalized spacial score (nSPS) is 15.0. The fraction of sp³-hybridized carbons (Fsp3) is 0.167. The van der Waals surface area contributed by atoms with Crippen LogP contribution in [0.15, 0.2) is 65.5 Å². The highest BCUT2D eigenvalue weighted by molar-refractivity contribution is 5.87. The molecule has 1 N–H and O–H groups in total. The van der Waals surface area contributed by atoms with Gasteiger partial charge in [0.05, 0.1) is 35.5 Å². The molecule has 0 spiro atoms. The number of rotatable bonds is 3. The van der Waals surface area contributed by atoms with E-state index >= 15 is 0 Å². The Labute approximate surface area is 183 Å². The van der Waals surface area contributed by atoms with Crippen molar-refractivity contribution >= 4 is 5.82 Å². The maximum Gasteiger partial charge on any atom is 0.271 e. The van der Waals surface area contributed by atoms with Crippen LogP contribution in [0.3, 0.4) is 0 Å². The van der Waals surface area contributed by atoms with Gasteiger partial charge in [-0.2, -0.15) is 20.1 Å². The Morgan fingerprint density at radius 2 is 1.88 bits per heavy atom. The summed E-state index contributed by atoms with van der Waals surface area (Å²) in [6.45, 7) is 2.84. The van der Waals surface area contributed by atoms with Crippen molar-refractivity contribution in [2.45, 2.75) is 13.5 Å². The van der Waals surface area contributed by atoms with Gasteiger partial charge >= 0.3 is 0 Å². The van der Waals surface area contributed by atoms with Gasteiger partial charge in [0.15, 0.2) is 0 Å². The van der Waals surface area contributed by atoms with Crippen molar-refractivity contribution in [2.24, 2.45) is 5.92 Å². The van der Waals surface area contributed by atoms with Crippen molar-refractivity contribution in [1.29, 1.82) is 5.26 Å². The van der Waals surface area contributed by atoms with E-state index in [2.05, 4.69) is 16.5 Å². The number of aromatic nitrogens is 4. The second-order valence-electron chi connectivity index (χ2n) is 7.72. The quantitative estimate of drug-likeness (QED) is 0.539. The Kier molecular flexibility index (Phi) is 4.79. The van der Waals surface area contributed by atoms with Crippen molar-refractivity contribution in [3.05, 3.63) is 82.4 Å². The number of benzene rings is 2. The summed E-state index contributed by atoms with van der Waals surface area (Å²) in [7, 11) is 0. The van der Waals surface area contributed by atoms with Gasteiger partial charge in [-0.05, 0) is 48.9 Å². The molecule has 1 aliphatic heterocycles. The Hall–Kier alpha value is -4.25. The number of halogens is 1. The maximum absolute atomic E-state index is 13.5. The molecule has 0 saturated heterocycles. The number of anilines is 1. The summed E-state index contributed by atoms with van der Waals surface area (Å²) in [4.78, 5) is 12.6. The van der Waals surface area contributed by atoms with Crippen LogP contribution in [0.1, 0.15) is 5.56 Å². The number of para-hydroxylation sites is 1. The minimum Gasteiger partial charge on any atom is -0.368 e. The molecule has 1 unspecified atom stereocenters. The van der Waals surface area contributed by atoms with Gasteiger partial charge in [0, 0.05) is 18.2 Å². The summed E-state index contributed by atoms with van der Waals surface area (Å²) in [6.07, 6.45) is 0. The van der Waals surface area contributed by atoms with Crippen LogP contribution in [0.4, 0.5) is 10.2 Å². The number of hydrogen-bond acceptors (Lipinski definition) is 5. The fourth-order valence-corrected chi connectivity index (χ4v) is 3.92. The third kappa shape index (κ3) is 3.34. The first-order chi connectivity index (χ1) is 15.5. The van der Waals surface area contributed by atoms with E-state index in [1.807, 2.05) is 31.2 Å². The molecule has 0 amide bonds. The Bertz CT molecular complexity index is 1410. The van der Waals surface area contributed by atoms with Crippen LogP contribution in [0.2, 0.25) is 0 Å². The second-order valence-corrected chi connectivity index (χ2v) is 7.72. The van der Waals surface area contributed by atoms with Gasteiger partial charge in [-0.15, -0.1) is 0 Å². The third-order valence-corrected chi connectivity index (χ3v) is 5.56. The van der Waals surface area contributed by atoms with Crippen LogP contribution in [0, 0.1) is 30.0 Å². The van der Waals surface area contributed by atoms with Gasteiger partial charge in [0.1, 0.15) is 17.3 Å². The third-order valence-electron chi connectivity index (χ3n) is 5.56. The number of nitrogens with zero attached hydrogens (tertiary/aromatic N) is 5. The minimum absolute atomic E-state index is 0.217. The lowest BCUT2D eigenvalue weighted by molar-refractivity contribution is 0.491. The van der Waals surface area contributed by atoms with Gasteiger partial charge in [-0.3, -0.25) is 4.79 Å². The molecular formula is C24H19FN6O. The highest BCUT2D eigenvalue weighted by Crippen LogP contribution is 2.38. The average Bonchev–Trinajstić information content (AvgIpc) is 3.19. The lowest BCUT2D eigenvalue weighted by atomic mass is 10.0. The van der Waals surface area contributed by atoms with Crippen LogP contribution < -0.4 is 10.9 Å². The van der Waals surface area contributed by atoms with Gasteiger partial charge in [-0.1, -0.05) is 18.2 Å². The van der Waals surface area contributed by atoms with Gasteiger partial charge in [0.2, 0.25) is 0 Å². The molecule has 8 heteroatoms. The zero-order valence-corrected chi connectivity index (χ0v) is 17.3. The van der Waals surface area contributed by atoms with Crippen LogP contribution >= 0.6 is 0 Å². The van der Waals surface area contributed by atoms with Crippen LogP contribution in [0.5, 0.6) is 0 Å². The molecule has 0 saturated carbocycles. The summed E-state index contributed by atoms with van der Waals surface area (Å²) < 4.78 is 16.7. The molecule has 0 radical (unpaired) electrons. The zero-order valence-electron chi connectivity index (χ0n) is 17.3. The maximum atomic E-state index is 13.5. The van der Waals surface area contributed by atoms with E-state index in [-0.39, 0.29) is 17.3 Å². The van der Waals surface area contributed by atoms with E-state index < -0.39 is 0 Å². The number of nitrogens with one attached hydrogen (secondary N) is 1. The van der Waals surface area contributed by atoms with Crippen molar-refractivity contribution in [3.8, 4) is 34.3 Å². The largest absolute Gasteiger partial charge is 0.368 e. The molecule has 1 atom stereocenters. The topological polar surface area (TPSA) is 88.5 Å². The predicted molar refractivity (Wildman–Crippen MR) is 119 cm³/mol. The molecule has 2 aromatic carbocycles. The number of hydrogen-bond donors (Lipinski definition) is 1. The molecule has 2 aromatic heterocycles. The highest BCUT2D eigenvalue weighted by Gasteiger charge is 2.27. The van der Waals surface area contributed by atoms with Crippen LogP contribution in [0.25, 0.3) is 28.2 Å². The van der Waals surface area contributed by atoms with Gasteiger partial charge in [-0.25, -0.2) is 9.07 Å². The molecule has 5 rings (SSSR count). The number of fused-ring (bicyclic) bond motifs is 1. The molecule has 0 bridgehead atoms. The van der Waals surface area contributed by atoms with Crippen LogP contribution in [-0.2, 0) is 6.54 Å². The molecule has 0 aliphatic carbocycles. The van der Waals surface area contributed by atoms with Crippen molar-refractivity contribution < 1.29 is 4.39 Å². The average molecular weight is 426 g/mol. The van der Waals surface area contributed by atoms with Crippen molar-refractivity contribution in [1.82, 2.24) is 19.6 Å². The Morgan fingerprint density at radius 3 is 2.62 bits per heavy atom. The first kappa shape index (κ1) is 19.7. The van der Waals surface area contributed by atoms with E-state index in [0.717, 1.165) is 11.4 Å².